The smallest absolute Gasteiger partial charge is 0.155 e. The third-order valence-electron chi connectivity index (χ3n) is 3.55. The minimum absolute atomic E-state index is 0.718. The molecule has 5 nitrogen and oxygen atoms in total. The van der Waals surface area contributed by atoms with Gasteiger partial charge in [0.1, 0.15) is 5.82 Å². The Labute approximate surface area is 119 Å². The van der Waals surface area contributed by atoms with Crippen molar-refractivity contribution in [3.63, 3.8) is 0 Å². The monoisotopic (exact) mass is 271 g/mol. The van der Waals surface area contributed by atoms with E-state index >= 15 is 0 Å². The van der Waals surface area contributed by atoms with E-state index in [1.807, 2.05) is 10.9 Å². The van der Waals surface area contributed by atoms with Crippen molar-refractivity contribution < 1.29 is 0 Å². The standard InChI is InChI=1S/C15H21N5/c1-3-13-18-14(4-2)20(19-13)15-9-11(7-8-16-15)10-17-12-5-6-12/h7-9,12,17H,3-6,10H2,1-2H3. The lowest BCUT2D eigenvalue weighted by atomic mass is 10.2. The van der Waals surface area contributed by atoms with E-state index in [-0.39, 0.29) is 0 Å². The predicted octanol–water partition coefficient (Wildman–Crippen LogP) is 2.04. The summed E-state index contributed by atoms with van der Waals surface area (Å²) in [4.78, 5) is 8.97. The van der Waals surface area contributed by atoms with Crippen LogP contribution in [0.15, 0.2) is 18.3 Å². The van der Waals surface area contributed by atoms with Crippen LogP contribution in [0, 0.1) is 0 Å². The Morgan fingerprint density at radius 1 is 1.30 bits per heavy atom. The molecule has 1 aliphatic carbocycles. The molecule has 3 rings (SSSR count). The highest BCUT2D eigenvalue weighted by Gasteiger charge is 2.20. The summed E-state index contributed by atoms with van der Waals surface area (Å²) >= 11 is 0. The van der Waals surface area contributed by atoms with E-state index in [1.165, 1.54) is 18.4 Å². The first-order chi connectivity index (χ1) is 9.80. The average molecular weight is 271 g/mol. The van der Waals surface area contributed by atoms with Gasteiger partial charge in [0.2, 0.25) is 0 Å². The van der Waals surface area contributed by atoms with Crippen molar-refractivity contribution in [2.45, 2.75) is 52.1 Å². The van der Waals surface area contributed by atoms with E-state index in [4.69, 9.17) is 0 Å². The van der Waals surface area contributed by atoms with E-state index in [2.05, 4.69) is 46.4 Å². The van der Waals surface area contributed by atoms with Crippen LogP contribution in [0.25, 0.3) is 5.82 Å². The van der Waals surface area contributed by atoms with Crippen LogP contribution in [0.4, 0.5) is 0 Å². The maximum absolute atomic E-state index is 4.54. The van der Waals surface area contributed by atoms with Crippen molar-refractivity contribution >= 4 is 0 Å². The van der Waals surface area contributed by atoms with Crippen molar-refractivity contribution in [2.75, 3.05) is 0 Å². The summed E-state index contributed by atoms with van der Waals surface area (Å²) in [7, 11) is 0. The molecule has 5 heteroatoms. The molecular weight excluding hydrogens is 250 g/mol. The number of hydrogen-bond acceptors (Lipinski definition) is 4. The van der Waals surface area contributed by atoms with Crippen LogP contribution >= 0.6 is 0 Å². The highest BCUT2D eigenvalue weighted by atomic mass is 15.4. The lowest BCUT2D eigenvalue weighted by molar-refractivity contribution is 0.684. The highest BCUT2D eigenvalue weighted by Crippen LogP contribution is 2.19. The normalized spacial score (nSPS) is 14.7. The molecular formula is C15H21N5. The van der Waals surface area contributed by atoms with E-state index < -0.39 is 0 Å². The number of pyridine rings is 1. The van der Waals surface area contributed by atoms with Gasteiger partial charge in [0, 0.05) is 31.6 Å². The number of hydrogen-bond donors (Lipinski definition) is 1. The molecule has 0 spiro atoms. The molecule has 2 heterocycles. The molecule has 1 fully saturated rings. The SMILES string of the molecule is CCc1nc(CC)n(-c2cc(CNC3CC3)ccn2)n1. The van der Waals surface area contributed by atoms with Gasteiger partial charge in [0.25, 0.3) is 0 Å². The van der Waals surface area contributed by atoms with Gasteiger partial charge in [-0.3, -0.25) is 0 Å². The quantitative estimate of drug-likeness (QED) is 0.873. The van der Waals surface area contributed by atoms with Crippen molar-refractivity contribution in [1.82, 2.24) is 25.1 Å². The van der Waals surface area contributed by atoms with Crippen LogP contribution < -0.4 is 5.32 Å². The molecule has 1 aliphatic rings. The first-order valence-electron chi connectivity index (χ1n) is 7.43. The second-order valence-corrected chi connectivity index (χ2v) is 5.24. The number of nitrogens with one attached hydrogen (secondary N) is 1. The van der Waals surface area contributed by atoms with E-state index in [1.54, 1.807) is 0 Å². The van der Waals surface area contributed by atoms with Crippen LogP contribution in [0.5, 0.6) is 0 Å². The van der Waals surface area contributed by atoms with Gasteiger partial charge in [0.15, 0.2) is 11.6 Å². The largest absolute Gasteiger partial charge is 0.310 e. The summed E-state index contributed by atoms with van der Waals surface area (Å²) in [6, 6.07) is 4.88. The fraction of sp³-hybridized carbons (Fsp3) is 0.533. The zero-order valence-corrected chi connectivity index (χ0v) is 12.1. The Morgan fingerprint density at radius 3 is 2.85 bits per heavy atom. The first-order valence-corrected chi connectivity index (χ1v) is 7.43. The molecule has 0 aromatic carbocycles. The summed E-state index contributed by atoms with van der Waals surface area (Å²) in [5.41, 5.74) is 1.25. The van der Waals surface area contributed by atoms with Crippen molar-refractivity contribution in [3.8, 4) is 5.82 Å². The van der Waals surface area contributed by atoms with Crippen LogP contribution in [-0.4, -0.2) is 25.8 Å². The Hall–Kier alpha value is -1.75. The van der Waals surface area contributed by atoms with Crippen molar-refractivity contribution in [2.24, 2.45) is 0 Å². The molecule has 0 unspecified atom stereocenters. The van der Waals surface area contributed by atoms with Crippen LogP contribution in [0.3, 0.4) is 0 Å². The number of aryl methyl sites for hydroxylation is 2. The van der Waals surface area contributed by atoms with Gasteiger partial charge in [-0.1, -0.05) is 13.8 Å². The van der Waals surface area contributed by atoms with Crippen LogP contribution in [-0.2, 0) is 19.4 Å². The maximum atomic E-state index is 4.54. The van der Waals surface area contributed by atoms with E-state index in [0.29, 0.717) is 0 Å². The van der Waals surface area contributed by atoms with Crippen LogP contribution in [0.1, 0.15) is 43.9 Å². The lowest BCUT2D eigenvalue weighted by Gasteiger charge is -2.07. The molecule has 0 bridgehead atoms. The van der Waals surface area contributed by atoms with Gasteiger partial charge in [-0.05, 0) is 30.5 Å². The third kappa shape index (κ3) is 2.88. The Kier molecular flexibility index (Phi) is 3.78. The summed E-state index contributed by atoms with van der Waals surface area (Å²) in [6.45, 7) is 5.07. The Bertz CT molecular complexity index is 586. The van der Waals surface area contributed by atoms with Gasteiger partial charge >= 0.3 is 0 Å². The van der Waals surface area contributed by atoms with Crippen molar-refractivity contribution in [1.29, 1.82) is 0 Å². The maximum Gasteiger partial charge on any atom is 0.155 e. The zero-order valence-electron chi connectivity index (χ0n) is 12.1. The fourth-order valence-corrected chi connectivity index (χ4v) is 2.19. The molecule has 0 radical (unpaired) electrons. The average Bonchev–Trinajstić information content (AvgIpc) is 3.22. The van der Waals surface area contributed by atoms with E-state index in [0.717, 1.165) is 42.9 Å². The summed E-state index contributed by atoms with van der Waals surface area (Å²) < 4.78 is 1.87. The van der Waals surface area contributed by atoms with Gasteiger partial charge in [0.05, 0.1) is 0 Å². The molecule has 0 amide bonds. The van der Waals surface area contributed by atoms with E-state index in [9.17, 15) is 0 Å². The molecule has 2 aromatic heterocycles. The molecule has 0 saturated heterocycles. The predicted molar refractivity (Wildman–Crippen MR) is 77.8 cm³/mol. The van der Waals surface area contributed by atoms with Crippen LogP contribution in [0.2, 0.25) is 0 Å². The highest BCUT2D eigenvalue weighted by molar-refractivity contribution is 5.28. The molecule has 0 aliphatic heterocycles. The number of nitrogens with zero attached hydrogens (tertiary/aromatic N) is 4. The number of rotatable bonds is 6. The molecule has 106 valence electrons. The second-order valence-electron chi connectivity index (χ2n) is 5.24. The molecule has 2 aromatic rings. The van der Waals surface area contributed by atoms with Gasteiger partial charge in [-0.2, -0.15) is 4.68 Å². The molecule has 20 heavy (non-hydrogen) atoms. The minimum atomic E-state index is 0.718. The summed E-state index contributed by atoms with van der Waals surface area (Å²) in [6.07, 6.45) is 6.18. The Morgan fingerprint density at radius 2 is 2.15 bits per heavy atom. The Balaban J connectivity index is 1.84. The molecule has 1 N–H and O–H groups in total. The third-order valence-corrected chi connectivity index (χ3v) is 3.55. The summed E-state index contributed by atoms with van der Waals surface area (Å²) in [5.74, 6) is 2.72. The topological polar surface area (TPSA) is 55.6 Å². The number of aromatic nitrogens is 4. The van der Waals surface area contributed by atoms with Gasteiger partial charge < -0.3 is 5.32 Å². The van der Waals surface area contributed by atoms with Gasteiger partial charge in [-0.15, -0.1) is 5.10 Å². The second kappa shape index (κ2) is 5.71. The van der Waals surface area contributed by atoms with Gasteiger partial charge in [-0.25, -0.2) is 9.97 Å². The minimum Gasteiger partial charge on any atom is -0.310 e. The first kappa shape index (κ1) is 13.2. The zero-order chi connectivity index (χ0) is 13.9. The fourth-order valence-electron chi connectivity index (χ4n) is 2.19. The molecule has 0 atom stereocenters. The lowest BCUT2D eigenvalue weighted by Crippen LogP contribution is -2.15. The summed E-state index contributed by atoms with van der Waals surface area (Å²) in [5, 5.41) is 8.06. The van der Waals surface area contributed by atoms with Crippen molar-refractivity contribution in [3.05, 3.63) is 35.5 Å². The molecule has 1 saturated carbocycles.